The third-order valence-corrected chi connectivity index (χ3v) is 3.69. The standard InChI is InChI=1S/C19H19N3O4/c1-24-14-6-8-18(25-2)17(10-14)22-13-5-7-16(20-11-13)19(23)21-12-15-4-3-9-26-15/h3-11,22H,12H2,1-2H3,(H,21,23). The number of anilines is 2. The number of benzene rings is 1. The number of carbonyl (C=O) groups excluding carboxylic acids is 1. The van der Waals surface area contributed by atoms with Crippen LogP contribution in [0.2, 0.25) is 0 Å². The molecule has 134 valence electrons. The topological polar surface area (TPSA) is 85.6 Å². The molecule has 0 spiro atoms. The van der Waals surface area contributed by atoms with Gasteiger partial charge in [0.15, 0.2) is 0 Å². The van der Waals surface area contributed by atoms with Crippen LogP contribution >= 0.6 is 0 Å². The zero-order valence-corrected chi connectivity index (χ0v) is 14.5. The molecule has 1 amide bonds. The molecule has 0 fully saturated rings. The Bertz CT molecular complexity index is 861. The minimum Gasteiger partial charge on any atom is -0.497 e. The Morgan fingerprint density at radius 3 is 2.69 bits per heavy atom. The van der Waals surface area contributed by atoms with E-state index in [0.29, 0.717) is 29.5 Å². The Balaban J connectivity index is 1.67. The Morgan fingerprint density at radius 2 is 2.04 bits per heavy atom. The highest BCUT2D eigenvalue weighted by Gasteiger charge is 2.09. The summed E-state index contributed by atoms with van der Waals surface area (Å²) in [5.41, 5.74) is 1.78. The Hall–Kier alpha value is -3.48. The maximum Gasteiger partial charge on any atom is 0.270 e. The summed E-state index contributed by atoms with van der Waals surface area (Å²) in [5, 5.41) is 5.96. The molecule has 0 saturated heterocycles. The molecule has 2 N–H and O–H groups in total. The number of nitrogens with one attached hydrogen (secondary N) is 2. The van der Waals surface area contributed by atoms with E-state index in [1.54, 1.807) is 50.9 Å². The lowest BCUT2D eigenvalue weighted by Crippen LogP contribution is -2.23. The lowest BCUT2D eigenvalue weighted by Gasteiger charge is -2.12. The first-order valence-corrected chi connectivity index (χ1v) is 7.95. The van der Waals surface area contributed by atoms with Gasteiger partial charge in [0, 0.05) is 6.07 Å². The summed E-state index contributed by atoms with van der Waals surface area (Å²) >= 11 is 0. The van der Waals surface area contributed by atoms with Gasteiger partial charge in [-0.25, -0.2) is 4.98 Å². The van der Waals surface area contributed by atoms with Crippen LogP contribution in [0.1, 0.15) is 16.2 Å². The van der Waals surface area contributed by atoms with E-state index < -0.39 is 0 Å². The number of pyridine rings is 1. The molecule has 1 aromatic carbocycles. The molecule has 0 atom stereocenters. The molecule has 0 unspecified atom stereocenters. The van der Waals surface area contributed by atoms with Crippen LogP contribution in [0.25, 0.3) is 0 Å². The monoisotopic (exact) mass is 353 g/mol. The lowest BCUT2D eigenvalue weighted by atomic mass is 10.2. The molecular weight excluding hydrogens is 334 g/mol. The molecule has 2 aromatic heterocycles. The number of furan rings is 1. The van der Waals surface area contributed by atoms with Gasteiger partial charge in [0.05, 0.1) is 44.6 Å². The molecule has 3 aromatic rings. The molecule has 7 heteroatoms. The van der Waals surface area contributed by atoms with E-state index in [1.807, 2.05) is 18.2 Å². The van der Waals surface area contributed by atoms with Gasteiger partial charge in [0.25, 0.3) is 5.91 Å². The van der Waals surface area contributed by atoms with Gasteiger partial charge < -0.3 is 24.5 Å². The van der Waals surface area contributed by atoms with Gasteiger partial charge in [0.2, 0.25) is 0 Å². The van der Waals surface area contributed by atoms with Crippen molar-refractivity contribution in [3.63, 3.8) is 0 Å². The second-order valence-electron chi connectivity index (χ2n) is 5.39. The molecule has 0 aliphatic rings. The Morgan fingerprint density at radius 1 is 1.15 bits per heavy atom. The van der Waals surface area contributed by atoms with Crippen LogP contribution in [0.15, 0.2) is 59.3 Å². The van der Waals surface area contributed by atoms with Crippen LogP contribution in [-0.4, -0.2) is 25.1 Å². The molecule has 0 bridgehead atoms. The van der Waals surface area contributed by atoms with Crippen LogP contribution < -0.4 is 20.1 Å². The van der Waals surface area contributed by atoms with Crippen molar-refractivity contribution in [3.8, 4) is 11.5 Å². The zero-order chi connectivity index (χ0) is 18.4. The van der Waals surface area contributed by atoms with Crippen LogP contribution in [0.4, 0.5) is 11.4 Å². The van der Waals surface area contributed by atoms with E-state index in [-0.39, 0.29) is 5.91 Å². The predicted molar refractivity (Wildman–Crippen MR) is 96.9 cm³/mol. The van der Waals surface area contributed by atoms with Crippen molar-refractivity contribution in [2.24, 2.45) is 0 Å². The Kier molecular flexibility index (Phi) is 5.38. The summed E-state index contributed by atoms with van der Waals surface area (Å²) in [5.74, 6) is 1.79. The molecule has 2 heterocycles. The van der Waals surface area contributed by atoms with Crippen LogP contribution in [0, 0.1) is 0 Å². The molecule has 7 nitrogen and oxygen atoms in total. The summed E-state index contributed by atoms with van der Waals surface area (Å²) in [6.45, 7) is 0.314. The van der Waals surface area contributed by atoms with E-state index in [2.05, 4.69) is 15.6 Å². The van der Waals surface area contributed by atoms with Gasteiger partial charge in [-0.2, -0.15) is 0 Å². The van der Waals surface area contributed by atoms with Crippen LogP contribution in [0.3, 0.4) is 0 Å². The first-order valence-electron chi connectivity index (χ1n) is 7.95. The number of nitrogens with zero attached hydrogens (tertiary/aromatic N) is 1. The minimum atomic E-state index is -0.271. The van der Waals surface area contributed by atoms with Gasteiger partial charge in [0.1, 0.15) is 23.0 Å². The number of ether oxygens (including phenoxy) is 2. The largest absolute Gasteiger partial charge is 0.497 e. The summed E-state index contributed by atoms with van der Waals surface area (Å²) in [4.78, 5) is 16.3. The maximum atomic E-state index is 12.1. The van der Waals surface area contributed by atoms with Crippen molar-refractivity contribution in [1.82, 2.24) is 10.3 Å². The molecule has 0 saturated carbocycles. The number of amides is 1. The first-order chi connectivity index (χ1) is 12.7. The summed E-state index contributed by atoms with van der Waals surface area (Å²) < 4.78 is 15.7. The van der Waals surface area contributed by atoms with Crippen molar-refractivity contribution in [2.45, 2.75) is 6.54 Å². The highest BCUT2D eigenvalue weighted by Crippen LogP contribution is 2.31. The van der Waals surface area contributed by atoms with Gasteiger partial charge in [-0.3, -0.25) is 4.79 Å². The van der Waals surface area contributed by atoms with E-state index >= 15 is 0 Å². The molecule has 0 radical (unpaired) electrons. The average Bonchev–Trinajstić information content (AvgIpc) is 3.20. The number of rotatable bonds is 7. The van der Waals surface area contributed by atoms with Gasteiger partial charge >= 0.3 is 0 Å². The summed E-state index contributed by atoms with van der Waals surface area (Å²) in [6, 6.07) is 12.4. The lowest BCUT2D eigenvalue weighted by molar-refractivity contribution is 0.0943. The number of aromatic nitrogens is 1. The second kappa shape index (κ2) is 8.06. The summed E-state index contributed by atoms with van der Waals surface area (Å²) in [6.07, 6.45) is 3.15. The van der Waals surface area contributed by atoms with Gasteiger partial charge in [-0.15, -0.1) is 0 Å². The van der Waals surface area contributed by atoms with Gasteiger partial charge in [-0.1, -0.05) is 0 Å². The van der Waals surface area contributed by atoms with Crippen molar-refractivity contribution in [1.29, 1.82) is 0 Å². The fourth-order valence-electron chi connectivity index (χ4n) is 2.34. The van der Waals surface area contributed by atoms with Crippen molar-refractivity contribution < 1.29 is 18.7 Å². The minimum absolute atomic E-state index is 0.271. The second-order valence-corrected chi connectivity index (χ2v) is 5.39. The number of hydrogen-bond donors (Lipinski definition) is 2. The van der Waals surface area contributed by atoms with E-state index in [4.69, 9.17) is 13.9 Å². The third-order valence-electron chi connectivity index (χ3n) is 3.69. The molecule has 0 aliphatic heterocycles. The van der Waals surface area contributed by atoms with Crippen molar-refractivity contribution >= 4 is 17.3 Å². The number of methoxy groups -OCH3 is 2. The third kappa shape index (κ3) is 4.13. The fraction of sp³-hybridized carbons (Fsp3) is 0.158. The van der Waals surface area contributed by atoms with Crippen molar-refractivity contribution in [2.75, 3.05) is 19.5 Å². The first kappa shape index (κ1) is 17.3. The maximum absolute atomic E-state index is 12.1. The van der Waals surface area contributed by atoms with E-state index in [1.165, 1.54) is 0 Å². The molecular formula is C19H19N3O4. The molecule has 26 heavy (non-hydrogen) atoms. The smallest absolute Gasteiger partial charge is 0.270 e. The highest BCUT2D eigenvalue weighted by atomic mass is 16.5. The SMILES string of the molecule is COc1ccc(OC)c(Nc2ccc(C(=O)NCc3ccco3)nc2)c1. The quantitative estimate of drug-likeness (QED) is 0.677. The summed E-state index contributed by atoms with van der Waals surface area (Å²) in [7, 11) is 3.20. The van der Waals surface area contributed by atoms with E-state index in [0.717, 1.165) is 11.4 Å². The van der Waals surface area contributed by atoms with Crippen molar-refractivity contribution in [3.05, 3.63) is 66.4 Å². The zero-order valence-electron chi connectivity index (χ0n) is 14.5. The average molecular weight is 353 g/mol. The number of hydrogen-bond acceptors (Lipinski definition) is 6. The van der Waals surface area contributed by atoms with Gasteiger partial charge in [-0.05, 0) is 36.4 Å². The van der Waals surface area contributed by atoms with Crippen LogP contribution in [0.5, 0.6) is 11.5 Å². The Labute approximate surface area is 151 Å². The predicted octanol–water partition coefficient (Wildman–Crippen LogP) is 3.37. The molecule has 3 rings (SSSR count). The van der Waals surface area contributed by atoms with Crippen LogP contribution in [-0.2, 0) is 6.54 Å². The fourth-order valence-corrected chi connectivity index (χ4v) is 2.34. The molecule has 0 aliphatic carbocycles. The van der Waals surface area contributed by atoms with E-state index in [9.17, 15) is 4.79 Å². The normalized spacial score (nSPS) is 10.2. The number of carbonyl (C=O) groups is 1. The highest BCUT2D eigenvalue weighted by molar-refractivity contribution is 5.92.